The highest BCUT2D eigenvalue weighted by Crippen LogP contribution is 2.30. The fourth-order valence-corrected chi connectivity index (χ4v) is 3.77. The van der Waals surface area contributed by atoms with Crippen LogP contribution in [0, 0.1) is 5.92 Å². The van der Waals surface area contributed by atoms with Crippen LogP contribution in [-0.2, 0) is 6.54 Å². The Labute approximate surface area is 206 Å². The van der Waals surface area contributed by atoms with Crippen molar-refractivity contribution in [3.8, 4) is 5.75 Å². The fourth-order valence-electron chi connectivity index (χ4n) is 3.77. The van der Waals surface area contributed by atoms with E-state index in [2.05, 4.69) is 52.5 Å². The Hall–Kier alpha value is -1.06. The Balaban J connectivity index is 0.00000341. The largest absolute Gasteiger partial charge is 0.493 e. The summed E-state index contributed by atoms with van der Waals surface area (Å²) in [4.78, 5) is 9.93. The van der Waals surface area contributed by atoms with E-state index in [4.69, 9.17) is 9.73 Å². The Morgan fingerprint density at radius 3 is 2.48 bits per heavy atom. The standard InChI is InChI=1S/C24H41N5O.HI/c1-3-25-24(26-13-7-8-14-29-17-15-28(4-2)16-18-29)27-19-22-9-5-6-10-23(22)30-20-21-11-12-21;/h5-6,9-10,21H,3-4,7-8,11-20H2,1-2H3,(H2,25,26,27);1H. The number of hydrogen-bond donors (Lipinski definition) is 2. The summed E-state index contributed by atoms with van der Waals surface area (Å²) >= 11 is 0. The number of piperazine rings is 1. The van der Waals surface area contributed by atoms with E-state index in [-0.39, 0.29) is 24.0 Å². The lowest BCUT2D eigenvalue weighted by Gasteiger charge is -2.34. The minimum absolute atomic E-state index is 0. The van der Waals surface area contributed by atoms with Crippen LogP contribution >= 0.6 is 24.0 Å². The highest BCUT2D eigenvalue weighted by molar-refractivity contribution is 14.0. The summed E-state index contributed by atoms with van der Waals surface area (Å²) < 4.78 is 6.02. The van der Waals surface area contributed by atoms with Crippen LogP contribution in [0.5, 0.6) is 5.75 Å². The van der Waals surface area contributed by atoms with E-state index >= 15 is 0 Å². The van der Waals surface area contributed by atoms with Crippen LogP contribution in [-0.4, -0.2) is 74.7 Å². The highest BCUT2D eigenvalue weighted by Gasteiger charge is 2.22. The zero-order valence-corrected chi connectivity index (χ0v) is 21.8. The van der Waals surface area contributed by atoms with E-state index in [1.165, 1.54) is 65.0 Å². The molecular weight excluding hydrogens is 501 g/mol. The monoisotopic (exact) mass is 543 g/mol. The first-order valence-corrected chi connectivity index (χ1v) is 12.0. The topological polar surface area (TPSA) is 52.1 Å². The first-order valence-electron chi connectivity index (χ1n) is 12.0. The van der Waals surface area contributed by atoms with Crippen molar-refractivity contribution in [3.63, 3.8) is 0 Å². The molecule has 0 aromatic heterocycles. The summed E-state index contributed by atoms with van der Waals surface area (Å²) in [5, 5.41) is 6.86. The van der Waals surface area contributed by atoms with Gasteiger partial charge in [-0.2, -0.15) is 0 Å². The molecule has 176 valence electrons. The summed E-state index contributed by atoms with van der Waals surface area (Å²) in [6.07, 6.45) is 5.02. The smallest absolute Gasteiger partial charge is 0.191 e. The normalized spacial score (nSPS) is 17.8. The van der Waals surface area contributed by atoms with Crippen molar-refractivity contribution in [1.29, 1.82) is 0 Å². The second-order valence-corrected chi connectivity index (χ2v) is 8.47. The van der Waals surface area contributed by atoms with Gasteiger partial charge in [0.05, 0.1) is 13.2 Å². The summed E-state index contributed by atoms with van der Waals surface area (Å²) in [6.45, 7) is 14.9. The lowest BCUT2D eigenvalue weighted by Crippen LogP contribution is -2.46. The summed E-state index contributed by atoms with van der Waals surface area (Å²) in [5.41, 5.74) is 1.15. The maximum Gasteiger partial charge on any atom is 0.191 e. The summed E-state index contributed by atoms with van der Waals surface area (Å²) in [7, 11) is 0. The second-order valence-electron chi connectivity index (χ2n) is 8.47. The third-order valence-electron chi connectivity index (χ3n) is 6.00. The molecule has 31 heavy (non-hydrogen) atoms. The van der Waals surface area contributed by atoms with Gasteiger partial charge in [-0.25, -0.2) is 4.99 Å². The van der Waals surface area contributed by atoms with Crippen molar-refractivity contribution in [2.75, 3.05) is 59.0 Å². The van der Waals surface area contributed by atoms with Crippen LogP contribution in [0.15, 0.2) is 29.3 Å². The second kappa shape index (κ2) is 14.9. The van der Waals surface area contributed by atoms with Gasteiger partial charge in [0.2, 0.25) is 0 Å². The average molecular weight is 544 g/mol. The number of halogens is 1. The van der Waals surface area contributed by atoms with Crippen LogP contribution < -0.4 is 15.4 Å². The van der Waals surface area contributed by atoms with E-state index in [1.54, 1.807) is 0 Å². The first kappa shape index (κ1) is 26.2. The van der Waals surface area contributed by atoms with E-state index in [9.17, 15) is 0 Å². The number of rotatable bonds is 12. The minimum atomic E-state index is 0. The van der Waals surface area contributed by atoms with Gasteiger partial charge >= 0.3 is 0 Å². The summed E-state index contributed by atoms with van der Waals surface area (Å²) in [6, 6.07) is 8.29. The first-order chi connectivity index (χ1) is 14.8. The molecule has 1 saturated heterocycles. The van der Waals surface area contributed by atoms with Crippen LogP contribution in [0.2, 0.25) is 0 Å². The molecule has 0 unspecified atom stereocenters. The van der Waals surface area contributed by atoms with Gasteiger partial charge in [0, 0.05) is 44.8 Å². The number of unbranched alkanes of at least 4 members (excludes halogenated alkanes) is 1. The third-order valence-corrected chi connectivity index (χ3v) is 6.00. The van der Waals surface area contributed by atoms with E-state index < -0.39 is 0 Å². The molecule has 2 N–H and O–H groups in total. The molecule has 0 amide bonds. The van der Waals surface area contributed by atoms with Gasteiger partial charge in [-0.3, -0.25) is 0 Å². The molecule has 0 radical (unpaired) electrons. The van der Waals surface area contributed by atoms with Gasteiger partial charge in [-0.1, -0.05) is 25.1 Å². The maximum absolute atomic E-state index is 6.02. The molecule has 0 bridgehead atoms. The van der Waals surface area contributed by atoms with E-state index in [0.29, 0.717) is 6.54 Å². The highest BCUT2D eigenvalue weighted by atomic mass is 127. The van der Waals surface area contributed by atoms with Crippen LogP contribution in [0.3, 0.4) is 0 Å². The van der Waals surface area contributed by atoms with Gasteiger partial charge in [0.15, 0.2) is 5.96 Å². The van der Waals surface area contributed by atoms with Gasteiger partial charge < -0.3 is 25.2 Å². The number of para-hydroxylation sites is 1. The summed E-state index contributed by atoms with van der Waals surface area (Å²) in [5.74, 6) is 2.63. The van der Waals surface area contributed by atoms with Crippen molar-refractivity contribution in [2.45, 2.75) is 46.1 Å². The van der Waals surface area contributed by atoms with Gasteiger partial charge in [0.1, 0.15) is 5.75 Å². The zero-order chi connectivity index (χ0) is 21.0. The SMILES string of the molecule is CCNC(=NCc1ccccc1OCC1CC1)NCCCCN1CCN(CC)CC1.I. The van der Waals surface area contributed by atoms with Crippen molar-refractivity contribution in [3.05, 3.63) is 29.8 Å². The molecule has 6 nitrogen and oxygen atoms in total. The van der Waals surface area contributed by atoms with Crippen molar-refractivity contribution in [1.82, 2.24) is 20.4 Å². The molecular formula is C24H42IN5O. The van der Waals surface area contributed by atoms with E-state index in [1.807, 2.05) is 6.07 Å². The number of nitrogens with zero attached hydrogens (tertiary/aromatic N) is 3. The Bertz CT molecular complexity index is 645. The maximum atomic E-state index is 6.02. The number of guanidine groups is 1. The van der Waals surface area contributed by atoms with Gasteiger partial charge in [0.25, 0.3) is 0 Å². The van der Waals surface area contributed by atoms with E-state index in [0.717, 1.165) is 42.9 Å². The fraction of sp³-hybridized carbons (Fsp3) is 0.708. The zero-order valence-electron chi connectivity index (χ0n) is 19.4. The Kier molecular flexibility index (Phi) is 12.6. The number of hydrogen-bond acceptors (Lipinski definition) is 4. The number of nitrogens with one attached hydrogen (secondary N) is 2. The van der Waals surface area contributed by atoms with Crippen LogP contribution in [0.25, 0.3) is 0 Å². The van der Waals surface area contributed by atoms with Crippen molar-refractivity contribution >= 4 is 29.9 Å². The number of ether oxygens (including phenoxy) is 1. The van der Waals surface area contributed by atoms with Gasteiger partial charge in [-0.05, 0) is 57.7 Å². The molecule has 1 aromatic carbocycles. The molecule has 0 spiro atoms. The molecule has 1 aliphatic carbocycles. The number of aliphatic imine (C=N–C) groups is 1. The molecule has 1 heterocycles. The van der Waals surface area contributed by atoms with Gasteiger partial charge in [-0.15, -0.1) is 24.0 Å². The molecule has 1 aromatic rings. The predicted octanol–water partition coefficient (Wildman–Crippen LogP) is 3.57. The third kappa shape index (κ3) is 9.95. The molecule has 2 fully saturated rings. The number of benzene rings is 1. The Morgan fingerprint density at radius 1 is 1.03 bits per heavy atom. The predicted molar refractivity (Wildman–Crippen MR) is 141 cm³/mol. The average Bonchev–Trinajstić information content (AvgIpc) is 3.61. The molecule has 0 atom stereocenters. The van der Waals surface area contributed by atoms with Crippen molar-refractivity contribution in [2.24, 2.45) is 10.9 Å². The lowest BCUT2D eigenvalue weighted by atomic mass is 10.2. The lowest BCUT2D eigenvalue weighted by molar-refractivity contribution is 0.136. The molecule has 1 saturated carbocycles. The minimum Gasteiger partial charge on any atom is -0.493 e. The molecule has 7 heteroatoms. The Morgan fingerprint density at radius 2 is 1.77 bits per heavy atom. The quantitative estimate of drug-likeness (QED) is 0.183. The van der Waals surface area contributed by atoms with Crippen LogP contribution in [0.4, 0.5) is 0 Å². The van der Waals surface area contributed by atoms with Crippen LogP contribution in [0.1, 0.15) is 45.1 Å². The molecule has 3 rings (SSSR count). The number of likely N-dealkylation sites (N-methyl/N-ethyl adjacent to an activating group) is 1. The van der Waals surface area contributed by atoms with Crippen molar-refractivity contribution < 1.29 is 4.74 Å². The molecule has 1 aliphatic heterocycles. The molecule has 2 aliphatic rings.